The summed E-state index contributed by atoms with van der Waals surface area (Å²) >= 11 is 0. The summed E-state index contributed by atoms with van der Waals surface area (Å²) in [7, 11) is 1.45. The first-order valence-electron chi connectivity index (χ1n) is 7.33. The highest BCUT2D eigenvalue weighted by Gasteiger charge is 2.69. The maximum Gasteiger partial charge on any atom is 0.165 e. The molecule has 1 N–H and O–H groups in total. The highest BCUT2D eigenvalue weighted by Crippen LogP contribution is 2.71. The van der Waals surface area contributed by atoms with Gasteiger partial charge in [0.1, 0.15) is 5.60 Å². The first-order valence-corrected chi connectivity index (χ1v) is 7.33. The van der Waals surface area contributed by atoms with Crippen LogP contribution in [0.4, 0.5) is 4.39 Å². The molecule has 20 heavy (non-hydrogen) atoms. The predicted molar refractivity (Wildman–Crippen MR) is 76.1 cm³/mol. The highest BCUT2D eigenvalue weighted by atomic mass is 19.1. The third kappa shape index (κ3) is 1.42. The topological polar surface area (TPSA) is 29.5 Å². The molecule has 1 aromatic carbocycles. The zero-order chi connectivity index (χ0) is 14.8. The van der Waals surface area contributed by atoms with E-state index < -0.39 is 11.4 Å². The molecule has 0 radical (unpaired) electrons. The van der Waals surface area contributed by atoms with Gasteiger partial charge in [0.15, 0.2) is 11.6 Å². The monoisotopic (exact) mass is 278 g/mol. The average Bonchev–Trinajstić information content (AvgIpc) is 2.86. The molecule has 2 saturated carbocycles. The lowest BCUT2D eigenvalue weighted by Crippen LogP contribution is -2.51. The number of halogens is 1. The van der Waals surface area contributed by atoms with Crippen molar-refractivity contribution in [3.05, 3.63) is 29.6 Å². The van der Waals surface area contributed by atoms with Crippen LogP contribution in [0.3, 0.4) is 0 Å². The molecule has 0 spiro atoms. The lowest BCUT2D eigenvalue weighted by atomic mass is 9.58. The van der Waals surface area contributed by atoms with Gasteiger partial charge in [-0.15, -0.1) is 0 Å². The largest absolute Gasteiger partial charge is 0.494 e. The summed E-state index contributed by atoms with van der Waals surface area (Å²) in [5, 5.41) is 11.5. The normalized spacial score (nSPS) is 38.2. The molecule has 2 nitrogen and oxygen atoms in total. The van der Waals surface area contributed by atoms with Crippen LogP contribution in [-0.4, -0.2) is 12.2 Å². The number of benzene rings is 1. The van der Waals surface area contributed by atoms with Crippen molar-refractivity contribution in [3.63, 3.8) is 0 Å². The fourth-order valence-electron chi connectivity index (χ4n) is 4.87. The summed E-state index contributed by atoms with van der Waals surface area (Å²) in [5.74, 6) is 0.326. The second kappa shape index (κ2) is 3.97. The van der Waals surface area contributed by atoms with Crippen LogP contribution in [0.2, 0.25) is 0 Å². The van der Waals surface area contributed by atoms with Gasteiger partial charge in [0, 0.05) is 10.8 Å². The molecule has 2 bridgehead atoms. The van der Waals surface area contributed by atoms with E-state index in [1.165, 1.54) is 13.2 Å². The molecule has 110 valence electrons. The van der Waals surface area contributed by atoms with Gasteiger partial charge in [-0.25, -0.2) is 4.39 Å². The van der Waals surface area contributed by atoms with E-state index in [4.69, 9.17) is 4.74 Å². The minimum Gasteiger partial charge on any atom is -0.494 e. The number of hydrogen-bond acceptors (Lipinski definition) is 2. The molecular formula is C17H23FO2. The van der Waals surface area contributed by atoms with Gasteiger partial charge in [0.25, 0.3) is 0 Å². The lowest BCUT2D eigenvalue weighted by Gasteiger charge is -2.51. The molecule has 3 heteroatoms. The third-order valence-corrected chi connectivity index (χ3v) is 6.14. The van der Waals surface area contributed by atoms with Crippen molar-refractivity contribution >= 4 is 0 Å². The van der Waals surface area contributed by atoms with Crippen LogP contribution >= 0.6 is 0 Å². The van der Waals surface area contributed by atoms with Gasteiger partial charge in [-0.05, 0) is 42.9 Å². The van der Waals surface area contributed by atoms with Crippen molar-refractivity contribution in [1.82, 2.24) is 0 Å². The van der Waals surface area contributed by atoms with Crippen molar-refractivity contribution in [2.75, 3.05) is 7.11 Å². The Morgan fingerprint density at radius 1 is 1.30 bits per heavy atom. The predicted octanol–water partition coefficient (Wildman–Crippen LogP) is 3.87. The number of hydrogen-bond donors (Lipinski definition) is 1. The maximum atomic E-state index is 14.1. The molecule has 3 unspecified atom stereocenters. The summed E-state index contributed by atoms with van der Waals surface area (Å²) in [4.78, 5) is 0. The first kappa shape index (κ1) is 13.9. The van der Waals surface area contributed by atoms with Crippen LogP contribution < -0.4 is 4.74 Å². The molecule has 0 aromatic heterocycles. The Balaban J connectivity index is 2.14. The third-order valence-electron chi connectivity index (χ3n) is 6.14. The Morgan fingerprint density at radius 3 is 2.50 bits per heavy atom. The molecule has 0 aliphatic heterocycles. The van der Waals surface area contributed by atoms with E-state index in [2.05, 4.69) is 20.8 Å². The highest BCUT2D eigenvalue weighted by molar-refractivity contribution is 5.38. The number of ether oxygens (including phenoxy) is 1. The van der Waals surface area contributed by atoms with Crippen molar-refractivity contribution in [2.24, 2.45) is 16.7 Å². The first-order chi connectivity index (χ1) is 9.26. The number of rotatable bonds is 2. The second-order valence-corrected chi connectivity index (χ2v) is 7.28. The molecule has 0 amide bonds. The van der Waals surface area contributed by atoms with Crippen LogP contribution in [0.5, 0.6) is 5.75 Å². The fraction of sp³-hybridized carbons (Fsp3) is 0.647. The Kier molecular flexibility index (Phi) is 2.75. The molecule has 3 atom stereocenters. The van der Waals surface area contributed by atoms with Crippen LogP contribution in [0.1, 0.15) is 45.6 Å². The number of aliphatic hydroxyl groups is 1. The van der Waals surface area contributed by atoms with E-state index in [0.717, 1.165) is 19.3 Å². The van der Waals surface area contributed by atoms with Gasteiger partial charge in [-0.1, -0.05) is 26.8 Å². The summed E-state index contributed by atoms with van der Waals surface area (Å²) in [6.45, 7) is 6.37. The summed E-state index contributed by atoms with van der Waals surface area (Å²) in [6.07, 6.45) is 3.18. The molecule has 0 saturated heterocycles. The number of methoxy groups -OCH3 is 1. The Hall–Kier alpha value is -1.09. The maximum absolute atomic E-state index is 14.1. The summed E-state index contributed by atoms with van der Waals surface area (Å²) < 4.78 is 19.0. The van der Waals surface area contributed by atoms with E-state index in [-0.39, 0.29) is 16.6 Å². The average molecular weight is 278 g/mol. The van der Waals surface area contributed by atoms with Gasteiger partial charge >= 0.3 is 0 Å². The zero-order valence-electron chi connectivity index (χ0n) is 12.7. The Bertz CT molecular complexity index is 547. The quantitative estimate of drug-likeness (QED) is 0.890. The number of fused-ring (bicyclic) bond motifs is 2. The molecule has 2 aliphatic carbocycles. The van der Waals surface area contributed by atoms with Crippen molar-refractivity contribution in [2.45, 2.75) is 45.6 Å². The molecule has 2 fully saturated rings. The van der Waals surface area contributed by atoms with Crippen LogP contribution in [0.15, 0.2) is 18.2 Å². The minimum absolute atomic E-state index is 0.164. The Labute approximate surface area is 120 Å². The van der Waals surface area contributed by atoms with E-state index in [1.807, 2.05) is 6.07 Å². The minimum atomic E-state index is -0.976. The molecule has 1 aromatic rings. The summed E-state index contributed by atoms with van der Waals surface area (Å²) in [5.41, 5.74) is -0.690. The van der Waals surface area contributed by atoms with Crippen LogP contribution in [0, 0.1) is 22.6 Å². The Morgan fingerprint density at radius 2 is 2.00 bits per heavy atom. The van der Waals surface area contributed by atoms with E-state index in [0.29, 0.717) is 11.5 Å². The van der Waals surface area contributed by atoms with E-state index >= 15 is 0 Å². The fourth-order valence-corrected chi connectivity index (χ4v) is 4.87. The van der Waals surface area contributed by atoms with E-state index in [9.17, 15) is 9.50 Å². The molecule has 2 aliphatic rings. The van der Waals surface area contributed by atoms with Crippen LogP contribution in [-0.2, 0) is 5.60 Å². The van der Waals surface area contributed by atoms with Crippen molar-refractivity contribution in [1.29, 1.82) is 0 Å². The summed E-state index contributed by atoms with van der Waals surface area (Å²) in [6, 6.07) is 4.89. The van der Waals surface area contributed by atoms with Gasteiger partial charge in [0.2, 0.25) is 0 Å². The molecule has 0 heterocycles. The van der Waals surface area contributed by atoms with E-state index in [1.54, 1.807) is 6.07 Å². The van der Waals surface area contributed by atoms with Gasteiger partial charge < -0.3 is 9.84 Å². The lowest BCUT2D eigenvalue weighted by molar-refractivity contribution is -0.150. The zero-order valence-corrected chi connectivity index (χ0v) is 12.7. The van der Waals surface area contributed by atoms with Crippen LogP contribution in [0.25, 0.3) is 0 Å². The van der Waals surface area contributed by atoms with Gasteiger partial charge in [0.05, 0.1) is 7.11 Å². The van der Waals surface area contributed by atoms with Crippen molar-refractivity contribution in [3.8, 4) is 5.75 Å². The van der Waals surface area contributed by atoms with Crippen molar-refractivity contribution < 1.29 is 14.2 Å². The standard InChI is InChI=1S/C17H23FO2/c1-15(2)12-7-8-16(3,10-12)17(15,19)11-5-6-14(20-4)13(18)9-11/h5-6,9,12,19H,7-8,10H2,1-4H3. The molecular weight excluding hydrogens is 255 g/mol. The van der Waals surface area contributed by atoms with Gasteiger partial charge in [-0.2, -0.15) is 0 Å². The smallest absolute Gasteiger partial charge is 0.165 e. The van der Waals surface area contributed by atoms with Gasteiger partial charge in [-0.3, -0.25) is 0 Å². The second-order valence-electron chi connectivity index (χ2n) is 7.28. The molecule has 3 rings (SSSR count). The SMILES string of the molecule is COc1ccc(C2(O)C3(C)CCC(C3)C2(C)C)cc1F.